The van der Waals surface area contributed by atoms with Gasteiger partial charge >= 0.3 is 0 Å². The van der Waals surface area contributed by atoms with Gasteiger partial charge in [0.1, 0.15) is 0 Å². The molecule has 0 spiro atoms. The fourth-order valence-corrected chi connectivity index (χ4v) is 6.99. The molecule has 0 amide bonds. The topological polar surface area (TPSA) is 3.24 Å². The molecule has 1 aliphatic rings. The number of unbranched alkanes of at least 4 members (excludes halogenated alkanes) is 5. The second-order valence-electron chi connectivity index (χ2n) is 8.34. The molecule has 1 aliphatic heterocycles. The molecule has 0 atom stereocenters. The first-order valence-electron chi connectivity index (χ1n) is 11.6. The third-order valence-electron chi connectivity index (χ3n) is 6.07. The number of anilines is 2. The van der Waals surface area contributed by atoms with Crippen molar-refractivity contribution in [3.63, 3.8) is 0 Å². The third kappa shape index (κ3) is 4.68. The van der Waals surface area contributed by atoms with Crippen LogP contribution in [0.2, 0.25) is 0 Å². The van der Waals surface area contributed by atoms with Crippen LogP contribution in [0, 0.1) is 0 Å². The summed E-state index contributed by atoms with van der Waals surface area (Å²) >= 11 is 5.56. The molecule has 0 aliphatic carbocycles. The quantitative estimate of drug-likeness (QED) is 0.221. The Hall–Kier alpha value is -2.01. The number of fused-ring (bicyclic) bond motifs is 2. The molecule has 1 nitrogen and oxygen atoms in total. The molecule has 32 heavy (non-hydrogen) atoms. The predicted octanol–water partition coefficient (Wildman–Crippen LogP) is 10.1. The first-order chi connectivity index (χ1) is 15.8. The lowest BCUT2D eigenvalue weighted by Crippen LogP contribution is -2.22. The summed E-state index contributed by atoms with van der Waals surface area (Å²) in [6.07, 6.45) is 7.95. The van der Waals surface area contributed by atoms with Gasteiger partial charge in [0, 0.05) is 26.1 Å². The van der Waals surface area contributed by atoms with E-state index in [1.807, 2.05) is 34.4 Å². The lowest BCUT2D eigenvalue weighted by molar-refractivity contribution is 0.608. The van der Waals surface area contributed by atoms with Crippen LogP contribution in [0.1, 0.15) is 45.4 Å². The maximum absolute atomic E-state index is 2.57. The molecule has 0 saturated heterocycles. The maximum atomic E-state index is 2.57. The van der Waals surface area contributed by atoms with Crippen molar-refractivity contribution in [2.45, 2.75) is 55.2 Å². The van der Waals surface area contributed by atoms with Gasteiger partial charge in [0.15, 0.2) is 0 Å². The van der Waals surface area contributed by atoms with Gasteiger partial charge in [0.25, 0.3) is 0 Å². The molecule has 0 bridgehead atoms. The lowest BCUT2D eigenvalue weighted by atomic mass is 10.1. The standard InChI is InChI=1S/C28H29NS3/c1-2-3-4-5-6-7-16-29-23-14-12-21(25-10-8-17-30-25)19-27(23)32-28-20-22(13-15-24(28)29)26-11-9-18-31-26/h8-15,17-20H,2-7,16H2,1H3. The van der Waals surface area contributed by atoms with Crippen molar-refractivity contribution in [3.05, 3.63) is 71.4 Å². The van der Waals surface area contributed by atoms with Crippen molar-refractivity contribution in [3.8, 4) is 20.9 Å². The van der Waals surface area contributed by atoms with E-state index >= 15 is 0 Å². The summed E-state index contributed by atoms with van der Waals surface area (Å²) in [6.45, 7) is 3.37. The number of hydrogen-bond donors (Lipinski definition) is 0. The minimum atomic E-state index is 1.09. The van der Waals surface area contributed by atoms with Crippen LogP contribution in [0.4, 0.5) is 11.4 Å². The van der Waals surface area contributed by atoms with E-state index in [9.17, 15) is 0 Å². The van der Waals surface area contributed by atoms with Gasteiger partial charge in [0.05, 0.1) is 11.4 Å². The average molecular weight is 476 g/mol. The van der Waals surface area contributed by atoms with E-state index in [1.165, 1.54) is 80.6 Å². The Morgan fingerprint density at radius 2 is 1.22 bits per heavy atom. The number of nitrogens with zero attached hydrogens (tertiary/aromatic N) is 1. The molecule has 0 N–H and O–H groups in total. The first kappa shape index (κ1) is 21.8. The van der Waals surface area contributed by atoms with Crippen LogP contribution in [0.3, 0.4) is 0 Å². The molecule has 0 radical (unpaired) electrons. The van der Waals surface area contributed by atoms with Crippen LogP contribution in [0.15, 0.2) is 81.2 Å². The summed E-state index contributed by atoms with van der Waals surface area (Å²) in [5.74, 6) is 0. The summed E-state index contributed by atoms with van der Waals surface area (Å²) in [5, 5.41) is 4.32. The van der Waals surface area contributed by atoms with E-state index in [1.54, 1.807) is 0 Å². The minimum Gasteiger partial charge on any atom is -0.340 e. The van der Waals surface area contributed by atoms with Crippen LogP contribution >= 0.6 is 34.4 Å². The Kier molecular flexibility index (Phi) is 7.01. The molecule has 4 heteroatoms. The fourth-order valence-electron chi connectivity index (χ4n) is 4.37. The van der Waals surface area contributed by atoms with E-state index in [0.29, 0.717) is 0 Å². The smallest absolute Gasteiger partial charge is 0.0553 e. The van der Waals surface area contributed by atoms with Gasteiger partial charge < -0.3 is 4.90 Å². The second-order valence-corrected chi connectivity index (χ2v) is 11.3. The highest BCUT2D eigenvalue weighted by Gasteiger charge is 2.24. The van der Waals surface area contributed by atoms with Crippen LogP contribution in [0.5, 0.6) is 0 Å². The Morgan fingerprint density at radius 3 is 1.75 bits per heavy atom. The molecule has 4 aromatic rings. The summed E-state index contributed by atoms with van der Waals surface area (Å²) < 4.78 is 0. The predicted molar refractivity (Wildman–Crippen MR) is 144 cm³/mol. The van der Waals surface area contributed by atoms with Crippen LogP contribution in [-0.4, -0.2) is 6.54 Å². The minimum absolute atomic E-state index is 1.09. The molecule has 0 fully saturated rings. The van der Waals surface area contributed by atoms with Crippen molar-refractivity contribution in [2.24, 2.45) is 0 Å². The number of hydrogen-bond acceptors (Lipinski definition) is 4. The van der Waals surface area contributed by atoms with Crippen LogP contribution < -0.4 is 4.90 Å². The normalized spacial score (nSPS) is 12.6. The van der Waals surface area contributed by atoms with Crippen molar-refractivity contribution >= 4 is 45.8 Å². The van der Waals surface area contributed by atoms with Crippen LogP contribution in [-0.2, 0) is 0 Å². The zero-order valence-corrected chi connectivity index (χ0v) is 21.0. The summed E-state index contributed by atoms with van der Waals surface area (Å²) in [6, 6.07) is 22.8. The van der Waals surface area contributed by atoms with E-state index < -0.39 is 0 Å². The van der Waals surface area contributed by atoms with Gasteiger partial charge in [0.2, 0.25) is 0 Å². The molecule has 0 unspecified atom stereocenters. The molecule has 2 aromatic carbocycles. The Balaban J connectivity index is 1.45. The third-order valence-corrected chi connectivity index (χ3v) is 9.00. The SMILES string of the molecule is CCCCCCCCN1c2ccc(-c3cccs3)cc2Sc2cc(-c3cccs3)ccc21. The van der Waals surface area contributed by atoms with Crippen molar-refractivity contribution < 1.29 is 0 Å². The van der Waals surface area contributed by atoms with Crippen LogP contribution in [0.25, 0.3) is 20.9 Å². The zero-order chi connectivity index (χ0) is 21.8. The summed E-state index contributed by atoms with van der Waals surface area (Å²) in [7, 11) is 0. The molecule has 2 aromatic heterocycles. The highest BCUT2D eigenvalue weighted by Crippen LogP contribution is 2.50. The van der Waals surface area contributed by atoms with E-state index in [0.717, 1.165) is 6.54 Å². The Bertz CT molecular complexity index is 1060. The average Bonchev–Trinajstić information content (AvgIpc) is 3.54. The van der Waals surface area contributed by atoms with Gasteiger partial charge in [-0.25, -0.2) is 0 Å². The maximum Gasteiger partial charge on any atom is 0.0553 e. The van der Waals surface area contributed by atoms with Crippen molar-refractivity contribution in [1.82, 2.24) is 0 Å². The van der Waals surface area contributed by atoms with Gasteiger partial charge in [-0.3, -0.25) is 0 Å². The van der Waals surface area contributed by atoms with Crippen molar-refractivity contribution in [2.75, 3.05) is 11.4 Å². The summed E-state index contributed by atoms with van der Waals surface area (Å²) in [5.41, 5.74) is 5.37. The molecule has 5 rings (SSSR count). The van der Waals surface area contributed by atoms with Crippen molar-refractivity contribution in [1.29, 1.82) is 0 Å². The highest BCUT2D eigenvalue weighted by atomic mass is 32.2. The zero-order valence-electron chi connectivity index (χ0n) is 18.5. The largest absolute Gasteiger partial charge is 0.340 e. The van der Waals surface area contributed by atoms with Gasteiger partial charge in [-0.2, -0.15) is 0 Å². The van der Waals surface area contributed by atoms with E-state index in [-0.39, 0.29) is 0 Å². The monoisotopic (exact) mass is 475 g/mol. The molecule has 3 heterocycles. The Morgan fingerprint density at radius 1 is 0.656 bits per heavy atom. The lowest BCUT2D eigenvalue weighted by Gasteiger charge is -2.33. The van der Waals surface area contributed by atoms with E-state index in [2.05, 4.69) is 83.2 Å². The van der Waals surface area contributed by atoms with Gasteiger partial charge in [-0.15, -0.1) is 22.7 Å². The fraction of sp³-hybridized carbons (Fsp3) is 0.286. The Labute approximate surface area is 204 Å². The second kappa shape index (κ2) is 10.3. The number of rotatable bonds is 9. The highest BCUT2D eigenvalue weighted by molar-refractivity contribution is 7.99. The first-order valence-corrected chi connectivity index (χ1v) is 14.2. The molecule has 164 valence electrons. The molecular formula is C28H29NS3. The molecular weight excluding hydrogens is 447 g/mol. The van der Waals surface area contributed by atoms with E-state index in [4.69, 9.17) is 0 Å². The number of benzene rings is 2. The number of thiophene rings is 2. The van der Waals surface area contributed by atoms with Gasteiger partial charge in [-0.05, 0) is 64.7 Å². The summed E-state index contributed by atoms with van der Waals surface area (Å²) in [4.78, 5) is 8.00. The molecule has 0 saturated carbocycles. The van der Waals surface area contributed by atoms with Gasteiger partial charge in [-0.1, -0.05) is 75.1 Å².